The lowest BCUT2D eigenvalue weighted by molar-refractivity contribution is -0.688. The standard InChI is InChI=1S/C24H21FNO2/c1-28-22-8-9-23-19(15-22)4-5-20(24(23)27)14-17-10-12-26(13-11-17)16-18-2-6-21(25)7-3-18/h2-3,6-15H,4-5,16H2,1H3/q+1. The van der Waals surface area contributed by atoms with E-state index >= 15 is 0 Å². The average Bonchev–Trinajstić information content (AvgIpc) is 2.73. The molecule has 0 saturated heterocycles. The molecule has 0 aliphatic heterocycles. The third kappa shape index (κ3) is 3.86. The maximum absolute atomic E-state index is 13.0. The van der Waals surface area contributed by atoms with Crippen molar-refractivity contribution in [2.45, 2.75) is 19.4 Å². The molecule has 0 saturated carbocycles. The number of allylic oxidation sites excluding steroid dienone is 1. The van der Waals surface area contributed by atoms with Gasteiger partial charge in [0.1, 0.15) is 11.6 Å². The first-order valence-corrected chi connectivity index (χ1v) is 9.28. The van der Waals surface area contributed by atoms with Crippen LogP contribution in [0.15, 0.2) is 72.6 Å². The van der Waals surface area contributed by atoms with Crippen LogP contribution in [0, 0.1) is 5.82 Å². The minimum atomic E-state index is -0.229. The van der Waals surface area contributed by atoms with E-state index in [1.807, 2.05) is 53.4 Å². The van der Waals surface area contributed by atoms with Crippen molar-refractivity contribution in [3.63, 3.8) is 0 Å². The predicted molar refractivity (Wildman–Crippen MR) is 106 cm³/mol. The summed E-state index contributed by atoms with van der Waals surface area (Å²) in [6, 6.07) is 16.1. The van der Waals surface area contributed by atoms with Crippen LogP contribution >= 0.6 is 0 Å². The molecule has 0 atom stereocenters. The van der Waals surface area contributed by atoms with Crippen LogP contribution in [0.3, 0.4) is 0 Å². The third-order valence-electron chi connectivity index (χ3n) is 5.05. The summed E-state index contributed by atoms with van der Waals surface area (Å²) in [5, 5.41) is 0. The van der Waals surface area contributed by atoms with E-state index in [1.165, 1.54) is 12.1 Å². The van der Waals surface area contributed by atoms with Gasteiger partial charge in [-0.3, -0.25) is 4.79 Å². The van der Waals surface area contributed by atoms with Gasteiger partial charge in [0.15, 0.2) is 24.7 Å². The Hall–Kier alpha value is -3.27. The third-order valence-corrected chi connectivity index (χ3v) is 5.05. The fourth-order valence-corrected chi connectivity index (χ4v) is 3.49. The Labute approximate surface area is 163 Å². The Kier molecular flexibility index (Phi) is 5.02. The van der Waals surface area contributed by atoms with Crippen molar-refractivity contribution >= 4 is 11.9 Å². The Morgan fingerprint density at radius 1 is 1.04 bits per heavy atom. The zero-order chi connectivity index (χ0) is 19.5. The highest BCUT2D eigenvalue weighted by Gasteiger charge is 2.22. The molecule has 3 aromatic rings. The lowest BCUT2D eigenvalue weighted by Crippen LogP contribution is -2.33. The second-order valence-corrected chi connectivity index (χ2v) is 6.95. The monoisotopic (exact) mass is 374 g/mol. The van der Waals surface area contributed by atoms with E-state index in [1.54, 1.807) is 19.2 Å². The number of ether oxygens (including phenoxy) is 1. The van der Waals surface area contributed by atoms with Crippen LogP contribution in [-0.2, 0) is 13.0 Å². The van der Waals surface area contributed by atoms with Crippen LogP contribution in [0.4, 0.5) is 4.39 Å². The van der Waals surface area contributed by atoms with Gasteiger partial charge in [-0.2, -0.15) is 0 Å². The quantitative estimate of drug-likeness (QED) is 0.501. The average molecular weight is 374 g/mol. The molecule has 0 spiro atoms. The number of aromatic nitrogens is 1. The van der Waals surface area contributed by atoms with Crippen LogP contribution < -0.4 is 9.30 Å². The zero-order valence-electron chi connectivity index (χ0n) is 15.7. The molecule has 0 bridgehead atoms. The summed E-state index contributed by atoms with van der Waals surface area (Å²) in [7, 11) is 1.63. The normalized spacial score (nSPS) is 14.8. The molecule has 4 rings (SSSR count). The highest BCUT2D eigenvalue weighted by molar-refractivity contribution is 6.13. The first-order valence-electron chi connectivity index (χ1n) is 9.28. The van der Waals surface area contributed by atoms with Crippen molar-refractivity contribution in [2.75, 3.05) is 7.11 Å². The van der Waals surface area contributed by atoms with Crippen LogP contribution in [0.25, 0.3) is 6.08 Å². The smallest absolute Gasteiger partial charge is 0.189 e. The molecule has 1 aliphatic rings. The topological polar surface area (TPSA) is 30.2 Å². The number of carbonyl (C=O) groups excluding carboxylic acids is 1. The molecule has 1 aliphatic carbocycles. The van der Waals surface area contributed by atoms with Crippen LogP contribution in [0.1, 0.15) is 33.5 Å². The molecule has 28 heavy (non-hydrogen) atoms. The van der Waals surface area contributed by atoms with Crippen molar-refractivity contribution in [3.8, 4) is 5.75 Å². The fraction of sp³-hybridized carbons (Fsp3) is 0.167. The molecule has 1 heterocycles. The summed E-state index contributed by atoms with van der Waals surface area (Å²) in [6.07, 6.45) is 7.48. The summed E-state index contributed by atoms with van der Waals surface area (Å²) >= 11 is 0. The summed E-state index contributed by atoms with van der Waals surface area (Å²) in [5.74, 6) is 0.646. The first kappa shape index (κ1) is 18.1. The number of halogens is 1. The molecular formula is C24H21FNO2+. The molecule has 4 heteroatoms. The van der Waals surface area contributed by atoms with E-state index in [2.05, 4.69) is 0 Å². The van der Waals surface area contributed by atoms with Crippen molar-refractivity contribution in [3.05, 3.63) is 101 Å². The number of nitrogens with zero attached hydrogens (tertiary/aromatic N) is 1. The molecule has 0 radical (unpaired) electrons. The number of ketones is 1. The summed E-state index contributed by atoms with van der Waals surface area (Å²) < 4.78 is 20.3. The number of methoxy groups -OCH3 is 1. The van der Waals surface area contributed by atoms with Gasteiger partial charge >= 0.3 is 0 Å². The minimum Gasteiger partial charge on any atom is -0.497 e. The minimum absolute atomic E-state index is 0.0898. The molecule has 0 N–H and O–H groups in total. The Morgan fingerprint density at radius 2 is 1.79 bits per heavy atom. The van der Waals surface area contributed by atoms with Crippen LogP contribution in [0.5, 0.6) is 5.75 Å². The Balaban J connectivity index is 1.51. The summed E-state index contributed by atoms with van der Waals surface area (Å²) in [5.41, 5.74) is 4.67. The van der Waals surface area contributed by atoms with Gasteiger partial charge in [0.05, 0.1) is 7.11 Å². The second kappa shape index (κ2) is 7.77. The molecule has 0 amide bonds. The number of hydrogen-bond acceptors (Lipinski definition) is 2. The fourth-order valence-electron chi connectivity index (χ4n) is 3.49. The SMILES string of the molecule is COc1ccc2c(c1)CCC(=Cc1cc[n+](Cc3ccc(F)cc3)cc1)C2=O. The predicted octanol–water partition coefficient (Wildman–Crippen LogP) is 4.38. The van der Waals surface area contributed by atoms with Crippen molar-refractivity contribution in [2.24, 2.45) is 0 Å². The highest BCUT2D eigenvalue weighted by Crippen LogP contribution is 2.29. The maximum atomic E-state index is 13.0. The van der Waals surface area contributed by atoms with Gasteiger partial charge < -0.3 is 4.74 Å². The van der Waals surface area contributed by atoms with E-state index in [0.717, 1.165) is 46.4 Å². The van der Waals surface area contributed by atoms with Crippen LogP contribution in [-0.4, -0.2) is 12.9 Å². The largest absolute Gasteiger partial charge is 0.497 e. The number of benzene rings is 2. The number of aryl methyl sites for hydroxylation is 1. The van der Waals surface area contributed by atoms with E-state index in [9.17, 15) is 9.18 Å². The van der Waals surface area contributed by atoms with Gasteiger partial charge in [-0.15, -0.1) is 0 Å². The Morgan fingerprint density at radius 3 is 2.50 bits per heavy atom. The van der Waals surface area contributed by atoms with Crippen molar-refractivity contribution < 1.29 is 18.5 Å². The molecular weight excluding hydrogens is 353 g/mol. The molecule has 0 unspecified atom stereocenters. The van der Waals surface area contributed by atoms with Crippen molar-refractivity contribution in [1.29, 1.82) is 0 Å². The number of carbonyl (C=O) groups is 1. The highest BCUT2D eigenvalue weighted by atomic mass is 19.1. The number of Topliss-reactive ketones (excluding diaryl/α,β-unsaturated/α-hetero) is 1. The van der Waals surface area contributed by atoms with E-state index < -0.39 is 0 Å². The number of rotatable bonds is 4. The van der Waals surface area contributed by atoms with Crippen LogP contribution in [0.2, 0.25) is 0 Å². The van der Waals surface area contributed by atoms with Gasteiger partial charge in [0, 0.05) is 28.8 Å². The first-order chi connectivity index (χ1) is 13.6. The Bertz CT molecular complexity index is 1040. The molecule has 0 fully saturated rings. The summed E-state index contributed by atoms with van der Waals surface area (Å²) in [4.78, 5) is 12.8. The molecule has 2 aromatic carbocycles. The lowest BCUT2D eigenvalue weighted by atomic mass is 9.86. The van der Waals surface area contributed by atoms with Gasteiger partial charge in [0.25, 0.3) is 0 Å². The molecule has 140 valence electrons. The zero-order valence-corrected chi connectivity index (χ0v) is 15.7. The van der Waals surface area contributed by atoms with Gasteiger partial charge in [0.2, 0.25) is 0 Å². The van der Waals surface area contributed by atoms with Gasteiger partial charge in [-0.25, -0.2) is 8.96 Å². The number of fused-ring (bicyclic) bond motifs is 1. The number of hydrogen-bond donors (Lipinski definition) is 0. The van der Waals surface area contributed by atoms with Gasteiger partial charge in [-0.05, 0) is 72.5 Å². The maximum Gasteiger partial charge on any atom is 0.189 e. The summed E-state index contributed by atoms with van der Waals surface area (Å²) in [6.45, 7) is 0.672. The van der Waals surface area contributed by atoms with E-state index in [-0.39, 0.29) is 11.6 Å². The number of pyridine rings is 1. The molecule has 3 nitrogen and oxygen atoms in total. The lowest BCUT2D eigenvalue weighted by Gasteiger charge is -2.18. The van der Waals surface area contributed by atoms with Gasteiger partial charge in [-0.1, -0.05) is 0 Å². The van der Waals surface area contributed by atoms with E-state index in [0.29, 0.717) is 6.54 Å². The second-order valence-electron chi connectivity index (χ2n) is 6.95. The van der Waals surface area contributed by atoms with E-state index in [4.69, 9.17) is 4.74 Å². The van der Waals surface area contributed by atoms with Crippen molar-refractivity contribution in [1.82, 2.24) is 0 Å². The molecule has 1 aromatic heterocycles.